The summed E-state index contributed by atoms with van der Waals surface area (Å²) in [6, 6.07) is 5.65. The van der Waals surface area contributed by atoms with Crippen LogP contribution in [-0.2, 0) is 25.6 Å². The van der Waals surface area contributed by atoms with E-state index in [0.29, 0.717) is 10.6 Å². The number of hydrogen-bond donors (Lipinski definition) is 1. The summed E-state index contributed by atoms with van der Waals surface area (Å²) in [7, 11) is -7.43. The summed E-state index contributed by atoms with van der Waals surface area (Å²) >= 11 is 5.87. The zero-order valence-corrected chi connectivity index (χ0v) is 16.2. The number of nitrogens with zero attached hydrogens (tertiary/aromatic N) is 2. The van der Waals surface area contributed by atoms with Crippen LogP contribution in [0, 0.1) is 5.92 Å². The lowest BCUT2D eigenvalue weighted by atomic mass is 10.1. The number of sulfone groups is 1. The maximum absolute atomic E-state index is 12.4. The van der Waals surface area contributed by atoms with Crippen LogP contribution in [0.2, 0.25) is 5.02 Å². The van der Waals surface area contributed by atoms with Gasteiger partial charge in [-0.1, -0.05) is 42.7 Å². The highest BCUT2D eigenvalue weighted by Gasteiger charge is 2.29. The van der Waals surface area contributed by atoms with Gasteiger partial charge in [-0.3, -0.25) is 0 Å². The van der Waals surface area contributed by atoms with E-state index in [9.17, 15) is 16.8 Å². The Morgan fingerprint density at radius 2 is 1.88 bits per heavy atom. The van der Waals surface area contributed by atoms with Gasteiger partial charge in [0.1, 0.15) is 6.04 Å². The summed E-state index contributed by atoms with van der Waals surface area (Å²) in [6.45, 7) is 3.49. The third kappa shape index (κ3) is 5.50. The molecule has 2 rings (SSSR count). The summed E-state index contributed by atoms with van der Waals surface area (Å²) in [5.41, 5.74) is 0.518. The van der Waals surface area contributed by atoms with Crippen molar-refractivity contribution in [1.82, 2.24) is 14.9 Å². The third-order valence-corrected chi connectivity index (χ3v) is 5.59. The zero-order chi connectivity index (χ0) is 18.8. The molecule has 25 heavy (non-hydrogen) atoms. The quantitative estimate of drug-likeness (QED) is 0.744. The maximum atomic E-state index is 12.4. The van der Waals surface area contributed by atoms with Gasteiger partial charge >= 0.3 is 5.22 Å². The van der Waals surface area contributed by atoms with Crippen molar-refractivity contribution in [2.24, 2.45) is 5.92 Å². The van der Waals surface area contributed by atoms with Gasteiger partial charge < -0.3 is 4.42 Å². The molecular weight excluding hydrogens is 390 g/mol. The van der Waals surface area contributed by atoms with Crippen molar-refractivity contribution in [2.45, 2.75) is 30.9 Å². The average molecular weight is 408 g/mol. The van der Waals surface area contributed by atoms with Gasteiger partial charge in [0.2, 0.25) is 25.8 Å². The first-order valence-electron chi connectivity index (χ1n) is 7.26. The van der Waals surface area contributed by atoms with Gasteiger partial charge in [0, 0.05) is 11.3 Å². The molecule has 0 aliphatic rings. The number of rotatable bonds is 7. The number of halogens is 1. The van der Waals surface area contributed by atoms with Crippen LogP contribution in [0.1, 0.15) is 31.3 Å². The normalized spacial score (nSPS) is 14.0. The molecule has 0 amide bonds. The van der Waals surface area contributed by atoms with Crippen LogP contribution in [0.15, 0.2) is 33.9 Å². The van der Waals surface area contributed by atoms with Crippen LogP contribution < -0.4 is 4.72 Å². The van der Waals surface area contributed by atoms with Crippen molar-refractivity contribution >= 4 is 31.5 Å². The summed E-state index contributed by atoms with van der Waals surface area (Å²) in [5, 5.41) is 7.00. The van der Waals surface area contributed by atoms with Crippen molar-refractivity contribution in [1.29, 1.82) is 0 Å². The van der Waals surface area contributed by atoms with E-state index in [0.717, 1.165) is 6.26 Å². The Balaban J connectivity index is 2.25. The van der Waals surface area contributed by atoms with E-state index in [2.05, 4.69) is 14.9 Å². The Morgan fingerprint density at radius 1 is 1.20 bits per heavy atom. The minimum absolute atomic E-state index is 0.106. The van der Waals surface area contributed by atoms with E-state index in [1.54, 1.807) is 38.1 Å². The van der Waals surface area contributed by atoms with Gasteiger partial charge in [0.25, 0.3) is 0 Å². The molecule has 8 nitrogen and oxygen atoms in total. The first kappa shape index (κ1) is 19.8. The molecule has 138 valence electrons. The van der Waals surface area contributed by atoms with Crippen LogP contribution in [0.3, 0.4) is 0 Å². The Hall–Kier alpha value is -1.49. The van der Waals surface area contributed by atoms with Gasteiger partial charge in [-0.15, -0.1) is 5.10 Å². The second-order valence-corrected chi connectivity index (χ2v) is 9.99. The average Bonchev–Trinajstić information content (AvgIpc) is 2.93. The van der Waals surface area contributed by atoms with Crippen LogP contribution in [0.5, 0.6) is 0 Å². The number of aromatic nitrogens is 2. The molecule has 1 atom stereocenters. The van der Waals surface area contributed by atoms with Crippen molar-refractivity contribution < 1.29 is 21.3 Å². The summed E-state index contributed by atoms with van der Waals surface area (Å²) in [4.78, 5) is 0. The van der Waals surface area contributed by atoms with E-state index in [-0.39, 0.29) is 17.6 Å². The lowest BCUT2D eigenvalue weighted by molar-refractivity contribution is 0.327. The molecule has 0 spiro atoms. The molecule has 0 bridgehead atoms. The first-order valence-corrected chi connectivity index (χ1v) is 11.2. The minimum Gasteiger partial charge on any atom is -0.411 e. The fraction of sp³-hybridized carbons (Fsp3) is 0.429. The smallest absolute Gasteiger partial charge is 0.335 e. The van der Waals surface area contributed by atoms with Crippen LogP contribution >= 0.6 is 11.6 Å². The molecular formula is C14H18ClN3O5S2. The van der Waals surface area contributed by atoms with E-state index in [1.165, 1.54) is 0 Å². The molecule has 0 unspecified atom stereocenters. The van der Waals surface area contributed by atoms with Gasteiger partial charge in [0.05, 0.1) is 5.75 Å². The topological polar surface area (TPSA) is 119 Å². The fourth-order valence-electron chi connectivity index (χ4n) is 2.05. The van der Waals surface area contributed by atoms with Gasteiger partial charge in [-0.25, -0.2) is 21.6 Å². The molecule has 1 heterocycles. The highest BCUT2D eigenvalue weighted by atomic mass is 35.5. The molecule has 0 radical (unpaired) electrons. The highest BCUT2D eigenvalue weighted by Crippen LogP contribution is 2.24. The number of hydrogen-bond acceptors (Lipinski definition) is 7. The van der Waals surface area contributed by atoms with Crippen molar-refractivity contribution in [3.63, 3.8) is 0 Å². The molecule has 0 fully saturated rings. The van der Waals surface area contributed by atoms with Gasteiger partial charge in [-0.2, -0.15) is 0 Å². The van der Waals surface area contributed by atoms with Crippen molar-refractivity contribution in [3.05, 3.63) is 40.7 Å². The Kier molecular flexibility index (Phi) is 5.87. The van der Waals surface area contributed by atoms with E-state index in [4.69, 9.17) is 16.0 Å². The second kappa shape index (κ2) is 7.40. The SMILES string of the molecule is CC(C)[C@H](NS(=O)(=O)Cc1cccc(Cl)c1)c1nnc(S(C)(=O)=O)o1. The van der Waals surface area contributed by atoms with Crippen molar-refractivity contribution in [2.75, 3.05) is 6.26 Å². The lowest BCUT2D eigenvalue weighted by Gasteiger charge is -2.18. The van der Waals surface area contributed by atoms with Crippen LogP contribution in [-0.4, -0.2) is 33.3 Å². The first-order chi connectivity index (χ1) is 11.5. The maximum Gasteiger partial charge on any atom is 0.335 e. The van der Waals surface area contributed by atoms with Crippen LogP contribution in [0.25, 0.3) is 0 Å². The molecule has 0 saturated heterocycles. The predicted molar refractivity (Wildman–Crippen MR) is 92.2 cm³/mol. The highest BCUT2D eigenvalue weighted by molar-refractivity contribution is 7.90. The third-order valence-electron chi connectivity index (χ3n) is 3.22. The van der Waals surface area contributed by atoms with Crippen molar-refractivity contribution in [3.8, 4) is 0 Å². The summed E-state index contributed by atoms with van der Waals surface area (Å²) < 4.78 is 55.4. The second-order valence-electron chi connectivity index (χ2n) is 5.91. The van der Waals surface area contributed by atoms with Gasteiger partial charge in [0.15, 0.2) is 0 Å². The molecule has 2 aromatic rings. The monoisotopic (exact) mass is 407 g/mol. The summed E-state index contributed by atoms with van der Waals surface area (Å²) in [5.74, 6) is -0.642. The van der Waals surface area contributed by atoms with E-state index in [1.807, 2.05) is 0 Å². The molecule has 1 aromatic carbocycles. The number of benzene rings is 1. The Morgan fingerprint density at radius 3 is 2.40 bits per heavy atom. The Bertz CT molecular complexity index is 954. The van der Waals surface area contributed by atoms with Gasteiger partial charge in [-0.05, 0) is 23.6 Å². The standard InChI is InChI=1S/C14H18ClN3O5S2/c1-9(2)12(13-16-17-14(23-13)24(3,19)20)18-25(21,22)8-10-5-4-6-11(15)7-10/h4-7,9,12,18H,8H2,1-3H3/t12-/m0/s1. The fourth-order valence-corrected chi connectivity index (χ4v) is 4.15. The summed E-state index contributed by atoms with van der Waals surface area (Å²) in [6.07, 6.45) is 0.929. The van der Waals surface area contributed by atoms with E-state index >= 15 is 0 Å². The minimum atomic E-state index is -3.76. The predicted octanol–water partition coefficient (Wildman–Crippen LogP) is 1.94. The lowest BCUT2D eigenvalue weighted by Crippen LogP contribution is -2.33. The Labute approximate surface area is 151 Å². The van der Waals surface area contributed by atoms with Crippen LogP contribution in [0.4, 0.5) is 0 Å². The number of nitrogens with one attached hydrogen (secondary N) is 1. The molecule has 11 heteroatoms. The zero-order valence-electron chi connectivity index (χ0n) is 13.8. The molecule has 1 aromatic heterocycles. The largest absolute Gasteiger partial charge is 0.411 e. The molecule has 0 aliphatic carbocycles. The molecule has 0 aliphatic heterocycles. The van der Waals surface area contributed by atoms with E-state index < -0.39 is 31.1 Å². The molecule has 0 saturated carbocycles. The molecule has 1 N–H and O–H groups in total. The number of sulfonamides is 1.